The van der Waals surface area contributed by atoms with E-state index >= 15 is 0 Å². The number of carbonyl (C=O) groups is 1. The molecule has 1 heterocycles. The Morgan fingerprint density at radius 3 is 2.21 bits per heavy atom. The second-order valence-electron chi connectivity index (χ2n) is 7.48. The summed E-state index contributed by atoms with van der Waals surface area (Å²) < 4.78 is 10.9. The van der Waals surface area contributed by atoms with Crippen LogP contribution in [0.5, 0.6) is 11.5 Å². The third-order valence-electron chi connectivity index (χ3n) is 4.85. The standard InChI is InChI=1S/C24H22N4O3.C3H8/c1-25-24-27-19-14-21(31-3)20(30-2)13-18(19)22(28-24)16-10-7-11-17(12-16)26-23(29)15-8-5-4-6-9-15;1-3-2/h4-14H,1-3H3,(H,26,29)(H,25,27,28);3H2,1-2H3. The first-order valence-electron chi connectivity index (χ1n) is 11.1. The summed E-state index contributed by atoms with van der Waals surface area (Å²) in [6.07, 6.45) is 1.25. The van der Waals surface area contributed by atoms with E-state index in [2.05, 4.69) is 34.4 Å². The van der Waals surface area contributed by atoms with E-state index in [-0.39, 0.29) is 5.91 Å². The van der Waals surface area contributed by atoms with Crippen LogP contribution in [0.15, 0.2) is 66.7 Å². The Kier molecular flexibility index (Phi) is 8.40. The number of nitrogens with one attached hydrogen (secondary N) is 2. The maximum absolute atomic E-state index is 12.6. The molecule has 0 atom stereocenters. The van der Waals surface area contributed by atoms with Gasteiger partial charge in [-0.15, -0.1) is 0 Å². The zero-order valence-electron chi connectivity index (χ0n) is 20.2. The lowest BCUT2D eigenvalue weighted by Crippen LogP contribution is -2.11. The molecule has 0 radical (unpaired) electrons. The number of hydrogen-bond acceptors (Lipinski definition) is 6. The van der Waals surface area contributed by atoms with Gasteiger partial charge in [0.2, 0.25) is 5.95 Å². The van der Waals surface area contributed by atoms with Crippen LogP contribution in [-0.2, 0) is 0 Å². The number of amides is 1. The molecule has 3 aromatic carbocycles. The van der Waals surface area contributed by atoms with E-state index in [0.29, 0.717) is 39.9 Å². The highest BCUT2D eigenvalue weighted by molar-refractivity contribution is 6.04. The van der Waals surface area contributed by atoms with Crippen molar-refractivity contribution in [2.75, 3.05) is 31.9 Å². The molecular weight excluding hydrogens is 428 g/mol. The van der Waals surface area contributed by atoms with Crippen molar-refractivity contribution in [3.05, 3.63) is 72.3 Å². The summed E-state index contributed by atoms with van der Waals surface area (Å²) in [5, 5.41) is 6.75. The Labute approximate surface area is 200 Å². The van der Waals surface area contributed by atoms with Crippen LogP contribution in [0.2, 0.25) is 0 Å². The quantitative estimate of drug-likeness (QED) is 0.367. The van der Waals surface area contributed by atoms with E-state index in [1.165, 1.54) is 6.42 Å². The number of benzene rings is 3. The predicted molar refractivity (Wildman–Crippen MR) is 138 cm³/mol. The lowest BCUT2D eigenvalue weighted by Gasteiger charge is -2.13. The van der Waals surface area contributed by atoms with Gasteiger partial charge in [-0.3, -0.25) is 4.79 Å². The van der Waals surface area contributed by atoms with Gasteiger partial charge in [-0.1, -0.05) is 50.6 Å². The van der Waals surface area contributed by atoms with Crippen molar-refractivity contribution in [1.82, 2.24) is 9.97 Å². The number of nitrogens with zero attached hydrogens (tertiary/aromatic N) is 2. The second-order valence-corrected chi connectivity index (χ2v) is 7.48. The van der Waals surface area contributed by atoms with Crippen LogP contribution in [0.1, 0.15) is 30.6 Å². The average Bonchev–Trinajstić information content (AvgIpc) is 2.88. The first-order valence-corrected chi connectivity index (χ1v) is 11.1. The number of methoxy groups -OCH3 is 2. The highest BCUT2D eigenvalue weighted by Crippen LogP contribution is 2.36. The zero-order chi connectivity index (χ0) is 24.5. The Morgan fingerprint density at radius 2 is 1.56 bits per heavy atom. The van der Waals surface area contributed by atoms with Gasteiger partial charge in [0.1, 0.15) is 0 Å². The van der Waals surface area contributed by atoms with E-state index in [1.54, 1.807) is 33.4 Å². The lowest BCUT2D eigenvalue weighted by atomic mass is 10.0. The Balaban J connectivity index is 0.00000103. The van der Waals surface area contributed by atoms with Crippen molar-refractivity contribution < 1.29 is 14.3 Å². The van der Waals surface area contributed by atoms with Gasteiger partial charge < -0.3 is 20.1 Å². The molecule has 0 unspecified atom stereocenters. The molecule has 0 aliphatic heterocycles. The molecule has 0 bridgehead atoms. The fourth-order valence-electron chi connectivity index (χ4n) is 3.32. The number of fused-ring (bicyclic) bond motifs is 1. The normalized spacial score (nSPS) is 10.1. The average molecular weight is 459 g/mol. The molecule has 1 amide bonds. The van der Waals surface area contributed by atoms with E-state index < -0.39 is 0 Å². The highest BCUT2D eigenvalue weighted by atomic mass is 16.5. The molecule has 1 aromatic heterocycles. The Morgan fingerprint density at radius 1 is 0.882 bits per heavy atom. The first-order chi connectivity index (χ1) is 16.5. The third kappa shape index (κ3) is 5.61. The summed E-state index contributed by atoms with van der Waals surface area (Å²) in [7, 11) is 4.94. The summed E-state index contributed by atoms with van der Waals surface area (Å²) >= 11 is 0. The molecule has 0 aliphatic carbocycles. The first kappa shape index (κ1) is 24.5. The van der Waals surface area contributed by atoms with Crippen LogP contribution in [-0.4, -0.2) is 37.1 Å². The molecule has 176 valence electrons. The summed E-state index contributed by atoms with van der Waals surface area (Å²) in [6, 6.07) is 20.3. The molecule has 0 saturated heterocycles. The molecule has 34 heavy (non-hydrogen) atoms. The van der Waals surface area contributed by atoms with Crippen LogP contribution in [0.4, 0.5) is 11.6 Å². The molecule has 2 N–H and O–H groups in total. The molecule has 4 rings (SSSR count). The predicted octanol–water partition coefficient (Wildman–Crippen LogP) is 6.02. The van der Waals surface area contributed by atoms with Crippen molar-refractivity contribution in [1.29, 1.82) is 0 Å². The van der Waals surface area contributed by atoms with Gasteiger partial charge in [0.15, 0.2) is 11.5 Å². The number of hydrogen-bond donors (Lipinski definition) is 2. The fourth-order valence-corrected chi connectivity index (χ4v) is 3.32. The molecule has 0 spiro atoms. The Hall–Kier alpha value is -4.13. The van der Waals surface area contributed by atoms with Gasteiger partial charge in [-0.25, -0.2) is 9.97 Å². The van der Waals surface area contributed by atoms with Gasteiger partial charge in [-0.05, 0) is 30.3 Å². The summed E-state index contributed by atoms with van der Waals surface area (Å²) in [4.78, 5) is 21.8. The van der Waals surface area contributed by atoms with Gasteiger partial charge >= 0.3 is 0 Å². The van der Waals surface area contributed by atoms with Crippen molar-refractivity contribution in [3.8, 4) is 22.8 Å². The van der Waals surface area contributed by atoms with E-state index in [0.717, 1.165) is 10.9 Å². The molecular formula is C27H30N4O3. The van der Waals surface area contributed by atoms with Crippen LogP contribution in [0, 0.1) is 0 Å². The molecule has 0 aliphatic rings. The third-order valence-corrected chi connectivity index (χ3v) is 4.85. The van der Waals surface area contributed by atoms with Crippen LogP contribution in [0.25, 0.3) is 22.2 Å². The molecule has 0 fully saturated rings. The van der Waals surface area contributed by atoms with Crippen molar-refractivity contribution in [3.63, 3.8) is 0 Å². The lowest BCUT2D eigenvalue weighted by molar-refractivity contribution is 0.102. The van der Waals surface area contributed by atoms with Crippen LogP contribution >= 0.6 is 0 Å². The minimum absolute atomic E-state index is 0.174. The maximum atomic E-state index is 12.6. The minimum Gasteiger partial charge on any atom is -0.493 e. The minimum atomic E-state index is -0.174. The molecule has 7 nitrogen and oxygen atoms in total. The summed E-state index contributed by atoms with van der Waals surface area (Å²) in [5.41, 5.74) is 3.53. The monoisotopic (exact) mass is 458 g/mol. The SMILES string of the molecule is CCC.CNc1nc(-c2cccc(NC(=O)c3ccccc3)c2)c2cc(OC)c(OC)cc2n1. The topological polar surface area (TPSA) is 85.4 Å². The Bertz CT molecular complexity index is 1260. The van der Waals surface area contributed by atoms with Crippen molar-refractivity contribution in [2.24, 2.45) is 0 Å². The highest BCUT2D eigenvalue weighted by Gasteiger charge is 2.15. The van der Waals surface area contributed by atoms with Gasteiger partial charge in [0.05, 0.1) is 25.4 Å². The van der Waals surface area contributed by atoms with E-state index in [9.17, 15) is 4.79 Å². The number of anilines is 2. The fraction of sp³-hybridized carbons (Fsp3) is 0.222. The molecule has 4 aromatic rings. The van der Waals surface area contributed by atoms with E-state index in [4.69, 9.17) is 9.47 Å². The number of carbonyl (C=O) groups excluding carboxylic acids is 1. The van der Waals surface area contributed by atoms with Gasteiger partial charge in [0.25, 0.3) is 5.91 Å². The maximum Gasteiger partial charge on any atom is 0.255 e. The molecule has 0 saturated carbocycles. The van der Waals surface area contributed by atoms with Crippen molar-refractivity contribution in [2.45, 2.75) is 20.3 Å². The molecule has 7 heteroatoms. The van der Waals surface area contributed by atoms with Crippen molar-refractivity contribution >= 4 is 28.4 Å². The summed E-state index contributed by atoms with van der Waals surface area (Å²) in [6.45, 7) is 4.25. The smallest absolute Gasteiger partial charge is 0.255 e. The van der Waals surface area contributed by atoms with Gasteiger partial charge in [-0.2, -0.15) is 0 Å². The summed E-state index contributed by atoms with van der Waals surface area (Å²) in [5.74, 6) is 1.48. The van der Waals surface area contributed by atoms with E-state index in [1.807, 2.05) is 54.6 Å². The second kappa shape index (κ2) is 11.7. The van der Waals surface area contributed by atoms with Crippen LogP contribution < -0.4 is 20.1 Å². The zero-order valence-corrected chi connectivity index (χ0v) is 20.2. The number of ether oxygens (including phenoxy) is 2. The number of rotatable bonds is 6. The largest absolute Gasteiger partial charge is 0.493 e. The van der Waals surface area contributed by atoms with Crippen LogP contribution in [0.3, 0.4) is 0 Å². The van der Waals surface area contributed by atoms with Gasteiger partial charge in [0, 0.05) is 35.3 Å². The number of aromatic nitrogens is 2.